The summed E-state index contributed by atoms with van der Waals surface area (Å²) in [5, 5.41) is 2.98. The third-order valence-electron chi connectivity index (χ3n) is 4.26. The quantitative estimate of drug-likeness (QED) is 0.611. The third-order valence-corrected chi connectivity index (χ3v) is 4.26. The first-order chi connectivity index (χ1) is 9.83. The normalized spacial score (nSPS) is 17.1. The highest BCUT2D eigenvalue weighted by Gasteiger charge is 2.29. The Kier molecular flexibility index (Phi) is 6.10. The lowest BCUT2D eigenvalue weighted by atomic mass is 9.94. The van der Waals surface area contributed by atoms with Crippen molar-refractivity contribution >= 4 is 11.6 Å². The Morgan fingerprint density at radius 2 is 1.60 bits per heavy atom. The largest absolute Gasteiger partial charge is 0.325 e. The Bertz CT molecular complexity index is 427. The molecule has 1 aromatic carbocycles. The monoisotopic (exact) mass is 273 g/mol. The van der Waals surface area contributed by atoms with Crippen LogP contribution in [-0.4, -0.2) is 5.91 Å². The smallest absolute Gasteiger partial charge is 0.232 e. The van der Waals surface area contributed by atoms with Gasteiger partial charge in [0.2, 0.25) is 5.91 Å². The number of rotatable bonds is 9. The van der Waals surface area contributed by atoms with E-state index in [0.717, 1.165) is 12.1 Å². The van der Waals surface area contributed by atoms with Gasteiger partial charge in [-0.05, 0) is 18.1 Å². The molecule has 0 radical (unpaired) electrons. The van der Waals surface area contributed by atoms with Crippen LogP contribution in [0.3, 0.4) is 0 Å². The van der Waals surface area contributed by atoms with E-state index in [1.807, 2.05) is 18.2 Å². The van der Waals surface area contributed by atoms with E-state index in [1.165, 1.54) is 56.9 Å². The fraction of sp³-hybridized carbons (Fsp3) is 0.611. The zero-order chi connectivity index (χ0) is 14.2. The van der Waals surface area contributed by atoms with Crippen LogP contribution in [0, 0.1) is 0 Å². The molecule has 0 aromatic heterocycles. The maximum Gasteiger partial charge on any atom is 0.232 e. The Labute approximate surface area is 123 Å². The van der Waals surface area contributed by atoms with Crippen molar-refractivity contribution in [2.45, 2.75) is 70.6 Å². The van der Waals surface area contributed by atoms with Crippen LogP contribution in [0.2, 0.25) is 0 Å². The van der Waals surface area contributed by atoms with Gasteiger partial charge >= 0.3 is 0 Å². The van der Waals surface area contributed by atoms with Gasteiger partial charge in [0.25, 0.3) is 0 Å². The highest BCUT2D eigenvalue weighted by molar-refractivity contribution is 6.02. The van der Waals surface area contributed by atoms with Gasteiger partial charge in [-0.2, -0.15) is 0 Å². The van der Waals surface area contributed by atoms with E-state index in [0.29, 0.717) is 0 Å². The van der Waals surface area contributed by atoms with Gasteiger partial charge in [0.05, 0.1) is 5.92 Å². The lowest BCUT2D eigenvalue weighted by Crippen LogP contribution is -2.11. The van der Waals surface area contributed by atoms with Gasteiger partial charge < -0.3 is 5.32 Å². The summed E-state index contributed by atoms with van der Waals surface area (Å²) in [5.74, 6) is 0.278. The van der Waals surface area contributed by atoms with Gasteiger partial charge in [0, 0.05) is 5.69 Å². The molecule has 1 aromatic rings. The maximum absolute atomic E-state index is 12.0. The average Bonchev–Trinajstić information content (AvgIpc) is 2.78. The van der Waals surface area contributed by atoms with Crippen LogP contribution in [0.15, 0.2) is 24.3 Å². The number of hydrogen-bond acceptors (Lipinski definition) is 1. The summed E-state index contributed by atoms with van der Waals surface area (Å²) in [6.07, 6.45) is 11.5. The second-order valence-electron chi connectivity index (χ2n) is 5.89. The molecule has 2 nitrogen and oxygen atoms in total. The number of hydrogen-bond donors (Lipinski definition) is 1. The number of carbonyl (C=O) groups is 1. The van der Waals surface area contributed by atoms with Crippen LogP contribution < -0.4 is 5.32 Å². The van der Waals surface area contributed by atoms with Crippen molar-refractivity contribution < 1.29 is 4.79 Å². The predicted octanol–water partition coefficient (Wildman–Crippen LogP) is 5.25. The van der Waals surface area contributed by atoms with Crippen molar-refractivity contribution in [3.05, 3.63) is 29.8 Å². The van der Waals surface area contributed by atoms with Crippen molar-refractivity contribution in [1.82, 2.24) is 0 Å². The summed E-state index contributed by atoms with van der Waals surface area (Å²) in [5.41, 5.74) is 2.21. The van der Waals surface area contributed by atoms with Crippen LogP contribution in [0.4, 0.5) is 5.69 Å². The number of nitrogens with one attached hydrogen (secondary N) is 1. The SMILES string of the molecule is CCCCCCCCCCC1C(=O)Nc2ccccc21. The van der Waals surface area contributed by atoms with Crippen molar-refractivity contribution in [1.29, 1.82) is 0 Å². The molecule has 0 saturated heterocycles. The lowest BCUT2D eigenvalue weighted by Gasteiger charge is -2.08. The van der Waals surface area contributed by atoms with E-state index in [2.05, 4.69) is 18.3 Å². The van der Waals surface area contributed by atoms with Gasteiger partial charge in [-0.15, -0.1) is 0 Å². The standard InChI is InChI=1S/C18H27NO/c1-2-3-4-5-6-7-8-9-13-16-15-12-10-11-14-17(15)19-18(16)20/h10-12,14,16H,2-9,13H2,1H3,(H,19,20). The maximum atomic E-state index is 12.0. The zero-order valence-electron chi connectivity index (χ0n) is 12.7. The van der Waals surface area contributed by atoms with E-state index in [9.17, 15) is 4.79 Å². The van der Waals surface area contributed by atoms with Crippen LogP contribution in [0.1, 0.15) is 76.2 Å². The van der Waals surface area contributed by atoms with Crippen molar-refractivity contribution in [2.24, 2.45) is 0 Å². The average molecular weight is 273 g/mol. The van der Waals surface area contributed by atoms with Crippen LogP contribution in [-0.2, 0) is 4.79 Å². The molecular formula is C18H27NO. The van der Waals surface area contributed by atoms with Crippen LogP contribution in [0.5, 0.6) is 0 Å². The number of para-hydroxylation sites is 1. The molecule has 0 bridgehead atoms. The summed E-state index contributed by atoms with van der Waals surface area (Å²) in [6, 6.07) is 8.10. The molecule has 1 aliphatic rings. The molecular weight excluding hydrogens is 246 g/mol. The molecule has 0 saturated carbocycles. The molecule has 1 amide bonds. The van der Waals surface area contributed by atoms with Crippen LogP contribution >= 0.6 is 0 Å². The topological polar surface area (TPSA) is 29.1 Å². The molecule has 20 heavy (non-hydrogen) atoms. The third kappa shape index (κ3) is 4.09. The number of carbonyl (C=O) groups excluding carboxylic acids is 1. The molecule has 1 atom stereocenters. The molecule has 1 heterocycles. The van der Waals surface area contributed by atoms with Gasteiger partial charge in [0.15, 0.2) is 0 Å². The van der Waals surface area contributed by atoms with E-state index in [1.54, 1.807) is 0 Å². The molecule has 110 valence electrons. The summed E-state index contributed by atoms with van der Waals surface area (Å²) in [4.78, 5) is 12.0. The van der Waals surface area contributed by atoms with Gasteiger partial charge in [-0.3, -0.25) is 4.79 Å². The molecule has 0 spiro atoms. The van der Waals surface area contributed by atoms with Crippen molar-refractivity contribution in [3.8, 4) is 0 Å². The second-order valence-corrected chi connectivity index (χ2v) is 5.89. The number of fused-ring (bicyclic) bond motifs is 1. The minimum Gasteiger partial charge on any atom is -0.325 e. The Morgan fingerprint density at radius 1 is 0.950 bits per heavy atom. The molecule has 1 aliphatic heterocycles. The number of amides is 1. The van der Waals surface area contributed by atoms with Gasteiger partial charge in [-0.25, -0.2) is 0 Å². The Hall–Kier alpha value is -1.31. The molecule has 0 fully saturated rings. The number of benzene rings is 1. The highest BCUT2D eigenvalue weighted by atomic mass is 16.2. The fourth-order valence-corrected chi connectivity index (χ4v) is 3.04. The molecule has 1 N–H and O–H groups in total. The number of anilines is 1. The summed E-state index contributed by atoms with van der Waals surface area (Å²) in [7, 11) is 0. The Morgan fingerprint density at radius 3 is 2.35 bits per heavy atom. The number of unbranched alkanes of at least 4 members (excludes halogenated alkanes) is 7. The first-order valence-corrected chi connectivity index (χ1v) is 8.22. The van der Waals surface area contributed by atoms with Crippen LogP contribution in [0.25, 0.3) is 0 Å². The Balaban J connectivity index is 1.64. The highest BCUT2D eigenvalue weighted by Crippen LogP contribution is 2.35. The summed E-state index contributed by atoms with van der Waals surface area (Å²) >= 11 is 0. The van der Waals surface area contributed by atoms with E-state index < -0.39 is 0 Å². The van der Waals surface area contributed by atoms with Crippen molar-refractivity contribution in [3.63, 3.8) is 0 Å². The van der Waals surface area contributed by atoms with E-state index >= 15 is 0 Å². The second kappa shape index (κ2) is 8.08. The van der Waals surface area contributed by atoms with E-state index in [-0.39, 0.29) is 11.8 Å². The molecule has 0 aliphatic carbocycles. The predicted molar refractivity (Wildman–Crippen MR) is 85.0 cm³/mol. The van der Waals surface area contributed by atoms with Gasteiger partial charge in [0.1, 0.15) is 0 Å². The minimum atomic E-state index is 0.0892. The molecule has 2 rings (SSSR count). The van der Waals surface area contributed by atoms with Crippen molar-refractivity contribution in [2.75, 3.05) is 5.32 Å². The summed E-state index contributed by atoms with van der Waals surface area (Å²) in [6.45, 7) is 2.25. The summed E-state index contributed by atoms with van der Waals surface area (Å²) < 4.78 is 0. The zero-order valence-corrected chi connectivity index (χ0v) is 12.7. The van der Waals surface area contributed by atoms with Gasteiger partial charge in [-0.1, -0.05) is 76.5 Å². The minimum absolute atomic E-state index is 0.0892. The first-order valence-electron chi connectivity index (χ1n) is 8.22. The first kappa shape index (κ1) is 15.1. The molecule has 2 heteroatoms. The fourth-order valence-electron chi connectivity index (χ4n) is 3.04. The molecule has 1 unspecified atom stereocenters. The lowest BCUT2D eigenvalue weighted by molar-refractivity contribution is -0.117. The van der Waals surface area contributed by atoms with E-state index in [4.69, 9.17) is 0 Å².